The monoisotopic (exact) mass is 398 g/mol. The summed E-state index contributed by atoms with van der Waals surface area (Å²) in [7, 11) is 3.59. The smallest absolute Gasteiger partial charge is 0.326 e. The minimum Gasteiger partial charge on any atom is -0.508 e. The largest absolute Gasteiger partial charge is 0.508 e. The standard InChI is InChI=1S/C23H28N2O4/c1-14-9-18(26)10-15(2)19(14)12-20(24(3)4)22(27)25-13-17-8-6-5-7-16(17)11-21(25)23(28)29/h5-10,20-21,26H,11-13H2,1-4H3,(H,28,29)/t20-,21?/m0/s1/i9T. The molecule has 29 heavy (non-hydrogen) atoms. The number of aryl methyl sites for hydroxylation is 1. The number of aliphatic carboxylic acids is 1. The Morgan fingerprint density at radius 1 is 1.24 bits per heavy atom. The first-order valence-corrected chi connectivity index (χ1v) is 9.67. The van der Waals surface area contributed by atoms with Crippen LogP contribution < -0.4 is 0 Å². The van der Waals surface area contributed by atoms with Gasteiger partial charge in [-0.2, -0.15) is 0 Å². The Balaban J connectivity index is 1.96. The van der Waals surface area contributed by atoms with Gasteiger partial charge in [-0.1, -0.05) is 24.3 Å². The lowest BCUT2D eigenvalue weighted by Crippen LogP contribution is -2.55. The topological polar surface area (TPSA) is 81.1 Å². The maximum absolute atomic E-state index is 13.6. The van der Waals surface area contributed by atoms with Crippen LogP contribution in [0.4, 0.5) is 0 Å². The second-order valence-electron chi connectivity index (χ2n) is 7.92. The van der Waals surface area contributed by atoms with Crippen LogP contribution in [-0.4, -0.2) is 58.1 Å². The van der Waals surface area contributed by atoms with E-state index in [1.807, 2.05) is 31.2 Å². The van der Waals surface area contributed by atoms with Gasteiger partial charge in [0.25, 0.3) is 0 Å². The van der Waals surface area contributed by atoms with E-state index in [0.717, 1.165) is 22.3 Å². The Labute approximate surface area is 172 Å². The number of amides is 1. The normalized spacial score (nSPS) is 17.6. The summed E-state index contributed by atoms with van der Waals surface area (Å²) in [4.78, 5) is 28.8. The first-order valence-electron chi connectivity index (χ1n) is 10.2. The summed E-state index contributed by atoms with van der Waals surface area (Å²) in [6, 6.07) is 7.71. The third-order valence-electron chi connectivity index (χ3n) is 5.72. The molecule has 1 heterocycles. The summed E-state index contributed by atoms with van der Waals surface area (Å²) in [6.45, 7) is 3.86. The van der Waals surface area contributed by atoms with E-state index in [1.165, 1.54) is 4.90 Å². The van der Waals surface area contributed by atoms with Gasteiger partial charge in [-0.15, -0.1) is 0 Å². The maximum atomic E-state index is 13.6. The number of phenols is 1. The molecule has 2 aromatic carbocycles. The summed E-state index contributed by atoms with van der Waals surface area (Å²) < 4.78 is 8.07. The molecule has 0 aliphatic carbocycles. The van der Waals surface area contributed by atoms with Crippen molar-refractivity contribution in [3.05, 3.63) is 64.2 Å². The first-order chi connectivity index (χ1) is 14.1. The number of likely N-dealkylation sites (N-methyl/N-ethyl adjacent to an activating group) is 1. The van der Waals surface area contributed by atoms with E-state index in [-0.39, 0.29) is 30.7 Å². The summed E-state index contributed by atoms with van der Waals surface area (Å²) in [5, 5.41) is 19.7. The van der Waals surface area contributed by atoms with E-state index in [2.05, 4.69) is 0 Å². The Kier molecular flexibility index (Phi) is 5.53. The highest BCUT2D eigenvalue weighted by Crippen LogP contribution is 2.27. The van der Waals surface area contributed by atoms with Gasteiger partial charge in [0.2, 0.25) is 5.91 Å². The Bertz CT molecular complexity index is 989. The molecule has 0 radical (unpaired) electrons. The molecule has 0 fully saturated rings. The van der Waals surface area contributed by atoms with Gasteiger partial charge in [-0.25, -0.2) is 4.79 Å². The lowest BCUT2D eigenvalue weighted by atomic mass is 9.91. The van der Waals surface area contributed by atoms with Gasteiger partial charge in [0.15, 0.2) is 0 Å². The molecule has 2 atom stereocenters. The molecule has 0 aromatic heterocycles. The summed E-state index contributed by atoms with van der Waals surface area (Å²) >= 11 is 0. The van der Waals surface area contributed by atoms with Crippen LogP contribution in [-0.2, 0) is 29.0 Å². The number of carboxylic acid groups (broad SMARTS) is 1. The van der Waals surface area contributed by atoms with Crippen LogP contribution in [0, 0.1) is 13.8 Å². The number of carbonyl (C=O) groups is 2. The highest BCUT2D eigenvalue weighted by atomic mass is 16.4. The second-order valence-corrected chi connectivity index (χ2v) is 7.92. The van der Waals surface area contributed by atoms with Crippen LogP contribution in [0.5, 0.6) is 5.75 Å². The zero-order chi connectivity index (χ0) is 22.2. The number of fused-ring (bicyclic) bond motifs is 1. The predicted molar refractivity (Wildman–Crippen MR) is 111 cm³/mol. The predicted octanol–water partition coefficient (Wildman–Crippen LogP) is 2.52. The molecule has 154 valence electrons. The van der Waals surface area contributed by atoms with Crippen LogP contribution in [0.3, 0.4) is 0 Å². The fourth-order valence-corrected chi connectivity index (χ4v) is 4.06. The third-order valence-corrected chi connectivity index (χ3v) is 5.72. The fraction of sp³-hybridized carbons (Fsp3) is 0.391. The van der Waals surface area contributed by atoms with Crippen LogP contribution in [0.25, 0.3) is 0 Å². The van der Waals surface area contributed by atoms with Gasteiger partial charge in [-0.05, 0) is 74.3 Å². The van der Waals surface area contributed by atoms with Crippen molar-refractivity contribution in [2.45, 2.75) is 45.3 Å². The molecule has 3 rings (SSSR count). The molecule has 0 bridgehead atoms. The molecule has 1 unspecified atom stereocenters. The molecule has 6 heteroatoms. The molecule has 1 amide bonds. The number of carbonyl (C=O) groups excluding carboxylic acids is 1. The molecule has 1 aliphatic heterocycles. The van der Waals surface area contributed by atoms with E-state index in [9.17, 15) is 19.8 Å². The molecule has 0 saturated heterocycles. The number of nitrogens with zero attached hydrogens (tertiary/aromatic N) is 2. The number of phenolic OH excluding ortho intramolecular Hbond substituents is 1. The number of hydrogen-bond acceptors (Lipinski definition) is 4. The molecule has 6 nitrogen and oxygen atoms in total. The van der Waals surface area contributed by atoms with E-state index in [0.29, 0.717) is 12.0 Å². The van der Waals surface area contributed by atoms with Crippen LogP contribution in [0.15, 0.2) is 36.4 Å². The minimum absolute atomic E-state index is 0.0517. The molecular weight excluding hydrogens is 368 g/mol. The molecule has 0 spiro atoms. The van der Waals surface area contributed by atoms with Crippen LogP contribution in [0.2, 0.25) is 0 Å². The van der Waals surface area contributed by atoms with Gasteiger partial charge in [-0.3, -0.25) is 9.69 Å². The Hall–Kier alpha value is -2.86. The minimum atomic E-state index is -1.01. The number of benzene rings is 2. The van der Waals surface area contributed by atoms with Crippen molar-refractivity contribution in [2.24, 2.45) is 0 Å². The summed E-state index contributed by atoms with van der Waals surface area (Å²) in [5.41, 5.74) is 4.19. The van der Waals surface area contributed by atoms with E-state index < -0.39 is 18.1 Å². The number of hydrogen-bond donors (Lipinski definition) is 2. The quantitative estimate of drug-likeness (QED) is 0.809. The van der Waals surface area contributed by atoms with Crippen molar-refractivity contribution in [3.8, 4) is 5.75 Å². The lowest BCUT2D eigenvalue weighted by molar-refractivity contribution is -0.153. The number of rotatable bonds is 5. The number of carboxylic acids is 1. The van der Waals surface area contributed by atoms with Crippen molar-refractivity contribution in [1.29, 1.82) is 0 Å². The van der Waals surface area contributed by atoms with E-state index >= 15 is 0 Å². The van der Waals surface area contributed by atoms with E-state index in [1.54, 1.807) is 32.0 Å². The zero-order valence-corrected chi connectivity index (χ0v) is 17.3. The molecule has 2 aromatic rings. The van der Waals surface area contributed by atoms with Gasteiger partial charge >= 0.3 is 5.97 Å². The van der Waals surface area contributed by atoms with Gasteiger partial charge in [0, 0.05) is 13.0 Å². The van der Waals surface area contributed by atoms with Crippen molar-refractivity contribution in [1.82, 2.24) is 9.80 Å². The van der Waals surface area contributed by atoms with Gasteiger partial charge in [0.05, 0.1) is 7.41 Å². The summed E-state index contributed by atoms with van der Waals surface area (Å²) in [6.07, 6.45) is 0.617. The average molecular weight is 398 g/mol. The molecule has 2 N–H and O–H groups in total. The van der Waals surface area contributed by atoms with Crippen LogP contribution >= 0.6 is 0 Å². The van der Waals surface area contributed by atoms with Crippen LogP contribution in [0.1, 0.15) is 29.2 Å². The molecule has 1 aliphatic rings. The third kappa shape index (κ3) is 4.27. The van der Waals surface area contributed by atoms with Gasteiger partial charge < -0.3 is 15.1 Å². The Morgan fingerprint density at radius 2 is 1.90 bits per heavy atom. The van der Waals surface area contributed by atoms with E-state index in [4.69, 9.17) is 1.37 Å². The summed E-state index contributed by atoms with van der Waals surface area (Å²) in [5.74, 6) is -1.35. The Morgan fingerprint density at radius 3 is 2.52 bits per heavy atom. The van der Waals surface area contributed by atoms with Crippen molar-refractivity contribution >= 4 is 11.9 Å². The first kappa shape index (κ1) is 19.5. The SMILES string of the molecule is [3H]c1c(O)cc(C)c(C[C@@H](C(=O)N2Cc3ccccc3CC2C(=O)O)N(C)C)c1C. The zero-order valence-electron chi connectivity index (χ0n) is 18.3. The van der Waals surface area contributed by atoms with Crippen molar-refractivity contribution < 1.29 is 21.2 Å². The highest BCUT2D eigenvalue weighted by molar-refractivity contribution is 5.88. The number of aromatic hydroxyl groups is 1. The van der Waals surface area contributed by atoms with Crippen molar-refractivity contribution in [3.63, 3.8) is 0 Å². The van der Waals surface area contributed by atoms with Crippen molar-refractivity contribution in [2.75, 3.05) is 14.1 Å². The maximum Gasteiger partial charge on any atom is 0.326 e. The van der Waals surface area contributed by atoms with Gasteiger partial charge in [0.1, 0.15) is 11.8 Å². The lowest BCUT2D eigenvalue weighted by Gasteiger charge is -2.38. The highest BCUT2D eigenvalue weighted by Gasteiger charge is 2.38. The fourth-order valence-electron chi connectivity index (χ4n) is 4.06. The molecular formula is C23H28N2O4. The average Bonchev–Trinajstić information content (AvgIpc) is 2.70. The second kappa shape index (κ2) is 8.25. The molecule has 0 saturated carbocycles.